The second kappa shape index (κ2) is 8.59. The lowest BCUT2D eigenvalue weighted by Gasteiger charge is -2.36. The van der Waals surface area contributed by atoms with Crippen LogP contribution in [0.3, 0.4) is 0 Å². The second-order valence-electron chi connectivity index (χ2n) is 5.82. The molecule has 0 N–H and O–H groups in total. The molecule has 1 saturated heterocycles. The number of rotatable bonds is 5. The van der Waals surface area contributed by atoms with E-state index in [1.54, 1.807) is 25.4 Å². The summed E-state index contributed by atoms with van der Waals surface area (Å²) >= 11 is 1.32. The van der Waals surface area contributed by atoms with Crippen LogP contribution in [0.5, 0.6) is 5.75 Å². The van der Waals surface area contributed by atoms with Crippen molar-refractivity contribution in [3.05, 3.63) is 48.2 Å². The molecule has 0 spiro atoms. The summed E-state index contributed by atoms with van der Waals surface area (Å²) in [5.41, 5.74) is 1.65. The van der Waals surface area contributed by atoms with Crippen LogP contribution < -0.4 is 9.64 Å². The van der Waals surface area contributed by atoms with Crippen LogP contribution in [0.1, 0.15) is 5.56 Å². The number of pyridine rings is 1. The number of hydrogen-bond acceptors (Lipinski definition) is 6. The van der Waals surface area contributed by atoms with Crippen molar-refractivity contribution in [3.63, 3.8) is 0 Å². The molecular formula is C19H20N4O2S. The molecule has 0 saturated carbocycles. The molecule has 0 aliphatic carbocycles. The Bertz CT molecular complexity index is 796. The first-order valence-corrected chi connectivity index (χ1v) is 9.34. The highest BCUT2D eigenvalue weighted by atomic mass is 32.2. The number of thioether (sulfide) groups is 1. The predicted molar refractivity (Wildman–Crippen MR) is 101 cm³/mol. The molecule has 134 valence electrons. The fourth-order valence-corrected chi connectivity index (χ4v) is 3.67. The summed E-state index contributed by atoms with van der Waals surface area (Å²) < 4.78 is 5.19. The van der Waals surface area contributed by atoms with Crippen LogP contribution in [0.25, 0.3) is 0 Å². The monoisotopic (exact) mass is 368 g/mol. The van der Waals surface area contributed by atoms with E-state index in [9.17, 15) is 4.79 Å². The van der Waals surface area contributed by atoms with Crippen molar-refractivity contribution >= 4 is 23.4 Å². The van der Waals surface area contributed by atoms with E-state index in [1.807, 2.05) is 29.2 Å². The van der Waals surface area contributed by atoms with Crippen LogP contribution in [-0.4, -0.2) is 54.8 Å². The molecule has 1 amide bonds. The van der Waals surface area contributed by atoms with Crippen molar-refractivity contribution in [3.8, 4) is 11.8 Å². The first-order chi connectivity index (χ1) is 12.7. The number of hydrogen-bond donors (Lipinski definition) is 0. The number of amides is 1. The molecule has 2 aromatic rings. The normalized spacial score (nSPS) is 14.0. The average Bonchev–Trinajstić information content (AvgIpc) is 2.72. The van der Waals surface area contributed by atoms with Crippen LogP contribution in [0.2, 0.25) is 0 Å². The van der Waals surface area contributed by atoms with E-state index in [0.717, 1.165) is 24.5 Å². The Kier molecular flexibility index (Phi) is 5.97. The number of aromatic nitrogens is 1. The van der Waals surface area contributed by atoms with Gasteiger partial charge >= 0.3 is 0 Å². The molecule has 7 heteroatoms. The van der Waals surface area contributed by atoms with Gasteiger partial charge in [0, 0.05) is 38.1 Å². The summed E-state index contributed by atoms with van der Waals surface area (Å²) in [5.74, 6) is 1.22. The van der Waals surface area contributed by atoms with Crippen LogP contribution >= 0.6 is 11.8 Å². The molecule has 1 aliphatic heterocycles. The minimum absolute atomic E-state index is 0.0823. The number of ether oxygens (including phenoxy) is 1. The van der Waals surface area contributed by atoms with Gasteiger partial charge in [-0.3, -0.25) is 4.79 Å². The van der Waals surface area contributed by atoms with E-state index >= 15 is 0 Å². The van der Waals surface area contributed by atoms with Gasteiger partial charge in [0.15, 0.2) is 0 Å². The highest BCUT2D eigenvalue weighted by molar-refractivity contribution is 7.99. The van der Waals surface area contributed by atoms with Crippen molar-refractivity contribution in [2.45, 2.75) is 5.03 Å². The molecular weight excluding hydrogens is 348 g/mol. The highest BCUT2D eigenvalue weighted by Crippen LogP contribution is 2.22. The molecule has 6 nitrogen and oxygen atoms in total. The molecule has 0 unspecified atom stereocenters. The topological polar surface area (TPSA) is 69.5 Å². The number of methoxy groups -OCH3 is 1. The minimum Gasteiger partial charge on any atom is -0.497 e. The molecule has 1 aromatic carbocycles. The van der Waals surface area contributed by atoms with Gasteiger partial charge in [0.2, 0.25) is 5.91 Å². The smallest absolute Gasteiger partial charge is 0.233 e. The van der Waals surface area contributed by atoms with Gasteiger partial charge in [0.1, 0.15) is 16.8 Å². The summed E-state index contributed by atoms with van der Waals surface area (Å²) in [6.45, 7) is 2.99. The van der Waals surface area contributed by atoms with E-state index < -0.39 is 0 Å². The number of anilines is 1. The lowest BCUT2D eigenvalue weighted by Crippen LogP contribution is -2.49. The Balaban J connectivity index is 1.51. The van der Waals surface area contributed by atoms with Gasteiger partial charge in [-0.15, -0.1) is 0 Å². The van der Waals surface area contributed by atoms with Gasteiger partial charge in [0.05, 0.1) is 18.4 Å². The fraction of sp³-hybridized carbons (Fsp3) is 0.316. The predicted octanol–water partition coefficient (Wildman–Crippen LogP) is 2.40. The summed E-state index contributed by atoms with van der Waals surface area (Å²) in [7, 11) is 1.65. The van der Waals surface area contributed by atoms with Gasteiger partial charge in [-0.1, -0.05) is 11.8 Å². The summed E-state index contributed by atoms with van der Waals surface area (Å²) in [6, 6.07) is 13.5. The third-order valence-corrected chi connectivity index (χ3v) is 5.28. The standard InChI is InChI=1S/C19H20N4O2S/c1-25-17-6-4-16(5-7-17)22-9-11-23(12-10-22)18(24)14-26-19-15(13-20)3-2-8-21-19/h2-8H,9-12,14H2,1H3. The number of carbonyl (C=O) groups excluding carboxylic acids is 1. The highest BCUT2D eigenvalue weighted by Gasteiger charge is 2.21. The number of piperazine rings is 1. The molecule has 26 heavy (non-hydrogen) atoms. The van der Waals surface area contributed by atoms with Crippen LogP contribution in [0.4, 0.5) is 5.69 Å². The average molecular weight is 368 g/mol. The molecule has 0 bridgehead atoms. The zero-order valence-corrected chi connectivity index (χ0v) is 15.4. The Hall–Kier alpha value is -2.72. The molecule has 2 heterocycles. The van der Waals surface area contributed by atoms with Gasteiger partial charge in [-0.05, 0) is 36.4 Å². The fourth-order valence-electron chi connectivity index (χ4n) is 2.82. The van der Waals surface area contributed by atoms with Crippen molar-refractivity contribution in [2.75, 3.05) is 43.9 Å². The Labute approximate surface area is 157 Å². The van der Waals surface area contributed by atoms with Crippen LogP contribution in [0.15, 0.2) is 47.6 Å². The third kappa shape index (κ3) is 4.27. The molecule has 1 aliphatic rings. The zero-order chi connectivity index (χ0) is 18.4. The third-order valence-electron chi connectivity index (χ3n) is 4.29. The van der Waals surface area contributed by atoms with Gasteiger partial charge in [-0.25, -0.2) is 4.98 Å². The number of carbonyl (C=O) groups is 1. The maximum atomic E-state index is 12.5. The van der Waals surface area contributed by atoms with Crippen LogP contribution in [-0.2, 0) is 4.79 Å². The van der Waals surface area contributed by atoms with Crippen molar-refractivity contribution < 1.29 is 9.53 Å². The van der Waals surface area contributed by atoms with Gasteiger partial charge < -0.3 is 14.5 Å². The Morgan fingerprint density at radius 3 is 2.62 bits per heavy atom. The maximum absolute atomic E-state index is 12.5. The first-order valence-electron chi connectivity index (χ1n) is 8.36. The molecule has 3 rings (SSSR count). The van der Waals surface area contributed by atoms with Crippen molar-refractivity contribution in [1.82, 2.24) is 9.88 Å². The lowest BCUT2D eigenvalue weighted by atomic mass is 10.2. The second-order valence-corrected chi connectivity index (χ2v) is 6.79. The zero-order valence-electron chi connectivity index (χ0n) is 14.6. The van der Waals surface area contributed by atoms with Crippen LogP contribution in [0, 0.1) is 11.3 Å². The quantitative estimate of drug-likeness (QED) is 0.755. The minimum atomic E-state index is 0.0823. The lowest BCUT2D eigenvalue weighted by molar-refractivity contribution is -0.128. The summed E-state index contributed by atoms with van der Waals surface area (Å²) in [5, 5.41) is 9.70. The number of nitrogens with zero attached hydrogens (tertiary/aromatic N) is 4. The van der Waals surface area contributed by atoms with Gasteiger partial charge in [-0.2, -0.15) is 5.26 Å². The Morgan fingerprint density at radius 1 is 1.23 bits per heavy atom. The first kappa shape index (κ1) is 18.1. The van der Waals surface area contributed by atoms with E-state index in [2.05, 4.69) is 16.0 Å². The number of nitriles is 1. The summed E-state index contributed by atoms with van der Waals surface area (Å²) in [4.78, 5) is 20.8. The van der Waals surface area contributed by atoms with Crippen molar-refractivity contribution in [1.29, 1.82) is 5.26 Å². The van der Waals surface area contributed by atoms with E-state index in [0.29, 0.717) is 29.4 Å². The summed E-state index contributed by atoms with van der Waals surface area (Å²) in [6.07, 6.45) is 1.64. The number of benzene rings is 1. The molecule has 1 aromatic heterocycles. The van der Waals surface area contributed by atoms with Gasteiger partial charge in [0.25, 0.3) is 0 Å². The molecule has 0 radical (unpaired) electrons. The van der Waals surface area contributed by atoms with E-state index in [4.69, 9.17) is 10.00 Å². The largest absolute Gasteiger partial charge is 0.497 e. The van der Waals surface area contributed by atoms with E-state index in [-0.39, 0.29) is 5.91 Å². The Morgan fingerprint density at radius 2 is 1.96 bits per heavy atom. The van der Waals surface area contributed by atoms with Crippen molar-refractivity contribution in [2.24, 2.45) is 0 Å². The van der Waals surface area contributed by atoms with E-state index in [1.165, 1.54) is 11.8 Å². The SMILES string of the molecule is COc1ccc(N2CCN(C(=O)CSc3ncccc3C#N)CC2)cc1. The maximum Gasteiger partial charge on any atom is 0.233 e. The molecule has 0 atom stereocenters. The molecule has 1 fully saturated rings.